The first-order chi connectivity index (χ1) is 16.6. The number of rotatable bonds is 7. The number of fused-ring (bicyclic) bond motifs is 1. The Hall–Kier alpha value is -3.05. The molecule has 5 rings (SSSR count). The van der Waals surface area contributed by atoms with E-state index in [1.165, 1.54) is 19.3 Å². The predicted molar refractivity (Wildman–Crippen MR) is 135 cm³/mol. The molecule has 0 atom stereocenters. The molecule has 0 spiro atoms. The Bertz CT molecular complexity index is 1290. The van der Waals surface area contributed by atoms with Gasteiger partial charge in [-0.05, 0) is 12.8 Å². The van der Waals surface area contributed by atoms with Gasteiger partial charge >= 0.3 is 186 Å². The second kappa shape index (κ2) is 10.1. The third-order valence-electron chi connectivity index (χ3n) is 6.27. The summed E-state index contributed by atoms with van der Waals surface area (Å²) in [6.07, 6.45) is 3.86. The van der Waals surface area contributed by atoms with Crippen LogP contribution < -0.4 is 4.74 Å². The molecule has 0 amide bonds. The van der Waals surface area contributed by atoms with Gasteiger partial charge < -0.3 is 0 Å². The minimum absolute atomic E-state index is 0.0470. The molecule has 1 aliphatic rings. The van der Waals surface area contributed by atoms with Crippen molar-refractivity contribution in [2.24, 2.45) is 0 Å². The maximum absolute atomic E-state index is 13.7. The molecule has 5 nitrogen and oxygen atoms in total. The van der Waals surface area contributed by atoms with Crippen LogP contribution in [0.3, 0.4) is 0 Å². The molecule has 1 aliphatic heterocycles. The monoisotopic (exact) mass is 521 g/mol. The molecule has 2 N–H and O–H groups in total. The van der Waals surface area contributed by atoms with Crippen molar-refractivity contribution in [3.05, 3.63) is 77.9 Å². The zero-order valence-corrected chi connectivity index (χ0v) is 20.6. The van der Waals surface area contributed by atoms with Crippen LogP contribution >= 0.6 is 0 Å². The summed E-state index contributed by atoms with van der Waals surface area (Å²) in [6, 6.07) is 19.5. The molecule has 3 aromatic carbocycles. The Morgan fingerprint density at radius 3 is 2.32 bits per heavy atom. The number of benzene rings is 3. The van der Waals surface area contributed by atoms with E-state index in [0.717, 1.165) is 45.0 Å². The standard InChI is InChI=1S/C28H27NO4Se/c30-21-8-4-20(5-9-21)28-26(24-13-10-22(31)18-25(24)34-28)27(32)19-6-11-23(12-7-19)33-17-16-29-14-2-1-3-15-29/h4-13,18,30-31H,1-3,14-17H2. The first kappa shape index (κ1) is 22.7. The van der Waals surface area contributed by atoms with E-state index in [-0.39, 0.29) is 31.8 Å². The molecule has 6 heteroatoms. The Kier molecular flexibility index (Phi) is 6.72. The number of likely N-dealkylation sites (tertiary alicyclic amines) is 1. The minimum atomic E-state index is -0.131. The van der Waals surface area contributed by atoms with Gasteiger partial charge in [0.15, 0.2) is 0 Å². The Morgan fingerprint density at radius 1 is 0.882 bits per heavy atom. The summed E-state index contributed by atoms with van der Waals surface area (Å²) in [5, 5.41) is 20.5. The van der Waals surface area contributed by atoms with E-state index in [4.69, 9.17) is 4.74 Å². The second-order valence-electron chi connectivity index (χ2n) is 8.64. The van der Waals surface area contributed by atoms with Gasteiger partial charge in [0.2, 0.25) is 0 Å². The van der Waals surface area contributed by atoms with Crippen molar-refractivity contribution in [1.29, 1.82) is 0 Å². The van der Waals surface area contributed by atoms with Crippen molar-refractivity contribution in [1.82, 2.24) is 4.90 Å². The fourth-order valence-corrected chi connectivity index (χ4v) is 7.05. The summed E-state index contributed by atoms with van der Waals surface area (Å²) in [5.74, 6) is 1.11. The van der Waals surface area contributed by atoms with Crippen LogP contribution in [0.4, 0.5) is 0 Å². The van der Waals surface area contributed by atoms with Gasteiger partial charge in [0.1, 0.15) is 0 Å². The number of phenols is 2. The Balaban J connectivity index is 1.39. The van der Waals surface area contributed by atoms with E-state index >= 15 is 0 Å². The van der Waals surface area contributed by atoms with Crippen molar-refractivity contribution in [2.75, 3.05) is 26.2 Å². The molecule has 0 radical (unpaired) electrons. The summed E-state index contributed by atoms with van der Waals surface area (Å²) in [5.41, 5.74) is 2.18. The van der Waals surface area contributed by atoms with Crippen LogP contribution in [0.5, 0.6) is 17.2 Å². The van der Waals surface area contributed by atoms with Gasteiger partial charge in [-0.3, -0.25) is 0 Å². The van der Waals surface area contributed by atoms with Gasteiger partial charge in [-0.1, -0.05) is 6.42 Å². The summed E-state index contributed by atoms with van der Waals surface area (Å²) >= 11 is -0.131. The molecule has 1 saturated heterocycles. The average molecular weight is 520 g/mol. The Morgan fingerprint density at radius 2 is 1.59 bits per heavy atom. The van der Waals surface area contributed by atoms with Gasteiger partial charge in [0.25, 0.3) is 0 Å². The number of hydrogen-bond donors (Lipinski definition) is 2. The molecular weight excluding hydrogens is 493 g/mol. The molecular formula is C28H27NO4Se. The van der Waals surface area contributed by atoms with Crippen LogP contribution in [0.25, 0.3) is 19.6 Å². The SMILES string of the molecule is O=C(c1ccc(OCCN2CCCCC2)cc1)c1c(-c2ccc(O)cc2)[se]c2cc(O)ccc12. The number of nitrogens with zero attached hydrogens (tertiary/aromatic N) is 1. The molecule has 1 aromatic heterocycles. The summed E-state index contributed by atoms with van der Waals surface area (Å²) in [6.45, 7) is 3.87. The number of carbonyl (C=O) groups is 1. The Labute approximate surface area is 205 Å². The first-order valence-electron chi connectivity index (χ1n) is 11.6. The van der Waals surface area contributed by atoms with Crippen LogP contribution in [0.2, 0.25) is 0 Å². The first-order valence-corrected chi connectivity index (χ1v) is 13.3. The molecule has 0 saturated carbocycles. The zero-order chi connectivity index (χ0) is 23.5. The molecule has 1 fully saturated rings. The predicted octanol–water partition coefficient (Wildman–Crippen LogP) is 5.07. The van der Waals surface area contributed by atoms with Gasteiger partial charge in [0.05, 0.1) is 0 Å². The number of ketones is 1. The van der Waals surface area contributed by atoms with Gasteiger partial charge in [-0.15, -0.1) is 0 Å². The number of phenolic OH excluding ortho intramolecular Hbond substituents is 2. The number of ether oxygens (including phenoxy) is 1. The molecule has 0 aliphatic carbocycles. The van der Waals surface area contributed by atoms with E-state index in [1.807, 2.05) is 42.5 Å². The van der Waals surface area contributed by atoms with Crippen molar-refractivity contribution in [2.45, 2.75) is 19.3 Å². The normalized spacial score (nSPS) is 14.4. The number of carbonyl (C=O) groups excluding carboxylic acids is 1. The number of hydrogen-bond acceptors (Lipinski definition) is 5. The van der Waals surface area contributed by atoms with Gasteiger partial charge in [-0.25, -0.2) is 0 Å². The maximum atomic E-state index is 13.7. The number of piperidine rings is 1. The zero-order valence-electron chi connectivity index (χ0n) is 18.9. The second-order valence-corrected chi connectivity index (χ2v) is 10.8. The van der Waals surface area contributed by atoms with Crippen LogP contribution in [0.1, 0.15) is 35.2 Å². The van der Waals surface area contributed by atoms with E-state index < -0.39 is 0 Å². The molecule has 34 heavy (non-hydrogen) atoms. The van der Waals surface area contributed by atoms with Crippen LogP contribution in [-0.2, 0) is 0 Å². The van der Waals surface area contributed by atoms with E-state index in [9.17, 15) is 15.0 Å². The quantitative estimate of drug-likeness (QED) is 0.263. The summed E-state index contributed by atoms with van der Waals surface area (Å²) in [4.78, 5) is 16.1. The number of aromatic hydroxyl groups is 2. The third-order valence-corrected chi connectivity index (χ3v) is 8.79. The fourth-order valence-electron chi connectivity index (χ4n) is 4.45. The van der Waals surface area contributed by atoms with Crippen molar-refractivity contribution >= 4 is 29.9 Å². The third kappa shape index (κ3) is 4.90. The van der Waals surface area contributed by atoms with Crippen LogP contribution in [0, 0.1) is 0 Å². The summed E-state index contributed by atoms with van der Waals surface area (Å²) < 4.78 is 7.87. The average Bonchev–Trinajstić information content (AvgIpc) is 3.23. The van der Waals surface area contributed by atoms with E-state index in [0.29, 0.717) is 17.7 Å². The molecule has 0 unspecified atom stereocenters. The fraction of sp³-hybridized carbons (Fsp3) is 0.250. The molecule has 4 aromatic rings. The topological polar surface area (TPSA) is 70.0 Å². The van der Waals surface area contributed by atoms with Crippen molar-refractivity contribution < 1.29 is 19.7 Å². The van der Waals surface area contributed by atoms with E-state index in [2.05, 4.69) is 4.90 Å². The molecule has 0 bridgehead atoms. The summed E-state index contributed by atoms with van der Waals surface area (Å²) in [7, 11) is 0. The molecule has 174 valence electrons. The van der Waals surface area contributed by atoms with Crippen molar-refractivity contribution in [3.8, 4) is 27.2 Å². The van der Waals surface area contributed by atoms with Crippen molar-refractivity contribution in [3.63, 3.8) is 0 Å². The van der Waals surface area contributed by atoms with Crippen LogP contribution in [-0.4, -0.2) is 61.6 Å². The van der Waals surface area contributed by atoms with Crippen LogP contribution in [0.15, 0.2) is 66.7 Å². The molecule has 2 heterocycles. The van der Waals surface area contributed by atoms with Gasteiger partial charge in [-0.2, -0.15) is 0 Å². The van der Waals surface area contributed by atoms with E-state index in [1.54, 1.807) is 24.3 Å². The van der Waals surface area contributed by atoms with Gasteiger partial charge in [0, 0.05) is 0 Å².